The van der Waals surface area contributed by atoms with Crippen LogP contribution >= 0.6 is 0 Å². The molecule has 1 atom stereocenters. The van der Waals surface area contributed by atoms with Gasteiger partial charge in [-0.05, 0) is 17.7 Å². The molecule has 0 bridgehead atoms. The molecule has 2 aliphatic heterocycles. The number of ether oxygens (including phenoxy) is 1. The molecule has 2 amide bonds. The van der Waals surface area contributed by atoms with E-state index in [1.165, 1.54) is 42.9 Å². The Labute approximate surface area is 208 Å². The Bertz CT molecular complexity index is 1350. The smallest absolute Gasteiger partial charge is 0.341 e. The monoisotopic (exact) mass is 514 g/mol. The maximum atomic E-state index is 14.4. The number of amides is 2. The lowest BCUT2D eigenvalue weighted by atomic mass is 10.0. The van der Waals surface area contributed by atoms with E-state index in [-0.39, 0.29) is 17.3 Å². The molecule has 2 aliphatic rings. The van der Waals surface area contributed by atoms with Crippen molar-refractivity contribution in [1.29, 1.82) is 0 Å². The minimum Gasteiger partial charge on any atom is -0.465 e. The average molecular weight is 514 g/mol. The number of anilines is 1. The van der Waals surface area contributed by atoms with E-state index in [0.717, 1.165) is 16.9 Å². The SMILES string of the molecule is COC(=O)c1cnn(-c2nc(N3CCN(C(=O)N4N=CC[C@H]4c4cc(F)cc(F)c4)CC3)ncc2F)c1. The molecular weight excluding hydrogens is 493 g/mol. The highest BCUT2D eigenvalue weighted by molar-refractivity contribution is 5.88. The number of esters is 1. The summed E-state index contributed by atoms with van der Waals surface area (Å²) in [5.74, 6) is -2.71. The molecule has 4 heterocycles. The molecule has 0 unspecified atom stereocenters. The Kier molecular flexibility index (Phi) is 6.46. The van der Waals surface area contributed by atoms with Crippen molar-refractivity contribution in [3.8, 4) is 5.82 Å². The first-order valence-corrected chi connectivity index (χ1v) is 11.3. The van der Waals surface area contributed by atoms with Crippen molar-refractivity contribution < 1.29 is 27.5 Å². The van der Waals surface area contributed by atoms with Gasteiger partial charge >= 0.3 is 12.0 Å². The van der Waals surface area contributed by atoms with Crippen LogP contribution in [0.2, 0.25) is 0 Å². The Morgan fingerprint density at radius 1 is 1.03 bits per heavy atom. The summed E-state index contributed by atoms with van der Waals surface area (Å²) in [6, 6.07) is 2.16. The van der Waals surface area contributed by atoms with Crippen molar-refractivity contribution in [3.63, 3.8) is 0 Å². The van der Waals surface area contributed by atoms with Gasteiger partial charge in [0.05, 0.1) is 31.1 Å². The number of carbonyl (C=O) groups is 2. The van der Waals surface area contributed by atoms with Gasteiger partial charge in [-0.25, -0.2) is 37.4 Å². The average Bonchev–Trinajstić information content (AvgIpc) is 3.58. The summed E-state index contributed by atoms with van der Waals surface area (Å²) in [7, 11) is 1.23. The maximum Gasteiger partial charge on any atom is 0.341 e. The van der Waals surface area contributed by atoms with Gasteiger partial charge in [0.15, 0.2) is 11.6 Å². The molecule has 0 N–H and O–H groups in total. The van der Waals surface area contributed by atoms with Crippen molar-refractivity contribution in [2.24, 2.45) is 5.10 Å². The fourth-order valence-electron chi connectivity index (χ4n) is 4.21. The van der Waals surface area contributed by atoms with Gasteiger partial charge in [-0.3, -0.25) is 0 Å². The van der Waals surface area contributed by atoms with Gasteiger partial charge in [-0.1, -0.05) is 0 Å². The number of benzene rings is 1. The number of carbonyl (C=O) groups excluding carboxylic acids is 2. The lowest BCUT2D eigenvalue weighted by Gasteiger charge is -2.37. The predicted octanol–water partition coefficient (Wildman–Crippen LogP) is 2.54. The number of hydrogen-bond donors (Lipinski definition) is 0. The highest BCUT2D eigenvalue weighted by atomic mass is 19.1. The molecule has 1 aromatic carbocycles. The van der Waals surface area contributed by atoms with E-state index in [1.807, 2.05) is 0 Å². The number of hydrazone groups is 1. The Morgan fingerprint density at radius 2 is 1.76 bits per heavy atom. The summed E-state index contributed by atoms with van der Waals surface area (Å²) in [6.07, 6.45) is 5.43. The molecule has 37 heavy (non-hydrogen) atoms. The first kappa shape index (κ1) is 24.2. The van der Waals surface area contributed by atoms with Crippen molar-refractivity contribution >= 4 is 24.2 Å². The molecule has 1 saturated heterocycles. The molecule has 192 valence electrons. The third-order valence-electron chi connectivity index (χ3n) is 6.06. The van der Waals surface area contributed by atoms with Gasteiger partial charge in [0.2, 0.25) is 5.95 Å². The number of rotatable bonds is 4. The summed E-state index contributed by atoms with van der Waals surface area (Å²) in [5, 5.41) is 9.33. The second kappa shape index (κ2) is 9.87. The number of aromatic nitrogens is 4. The molecule has 0 radical (unpaired) electrons. The second-order valence-electron chi connectivity index (χ2n) is 8.36. The van der Waals surface area contributed by atoms with Gasteiger partial charge in [-0.2, -0.15) is 15.2 Å². The van der Waals surface area contributed by atoms with Gasteiger partial charge in [0.1, 0.15) is 11.6 Å². The Morgan fingerprint density at radius 3 is 2.46 bits per heavy atom. The van der Waals surface area contributed by atoms with Crippen LogP contribution in [0.4, 0.5) is 23.9 Å². The van der Waals surface area contributed by atoms with E-state index in [2.05, 4.69) is 24.9 Å². The number of nitrogens with zero attached hydrogens (tertiary/aromatic N) is 8. The fourth-order valence-corrected chi connectivity index (χ4v) is 4.21. The van der Waals surface area contributed by atoms with Crippen LogP contribution in [0.5, 0.6) is 0 Å². The van der Waals surface area contributed by atoms with Crippen LogP contribution in [0.15, 0.2) is 41.9 Å². The van der Waals surface area contributed by atoms with Crippen LogP contribution in [-0.4, -0.2) is 81.2 Å². The minimum atomic E-state index is -0.733. The maximum absolute atomic E-state index is 14.4. The standard InChI is InChI=1S/C23H21F3N8O3/c1-37-21(35)15-11-29-33(13-15)20-18(26)12-27-22(30-20)31-4-6-32(7-5-31)23(36)34-19(2-3-28-34)14-8-16(24)10-17(25)9-14/h3,8-13,19H,2,4-7H2,1H3/t19-/m0/s1. The molecule has 5 rings (SSSR count). The number of methoxy groups -OCH3 is 1. The third-order valence-corrected chi connectivity index (χ3v) is 6.06. The van der Waals surface area contributed by atoms with Crippen molar-refractivity contribution in [2.45, 2.75) is 12.5 Å². The number of halogens is 3. The van der Waals surface area contributed by atoms with E-state index < -0.39 is 35.5 Å². The minimum absolute atomic E-state index is 0.137. The topological polar surface area (TPSA) is 109 Å². The summed E-state index contributed by atoms with van der Waals surface area (Å²) in [4.78, 5) is 36.5. The highest BCUT2D eigenvalue weighted by Crippen LogP contribution is 2.30. The first-order valence-electron chi connectivity index (χ1n) is 11.3. The van der Waals surface area contributed by atoms with E-state index >= 15 is 0 Å². The van der Waals surface area contributed by atoms with Gasteiger partial charge < -0.3 is 14.5 Å². The van der Waals surface area contributed by atoms with Crippen LogP contribution in [0.3, 0.4) is 0 Å². The lowest BCUT2D eigenvalue weighted by molar-refractivity contribution is 0.0600. The summed E-state index contributed by atoms with van der Waals surface area (Å²) in [6.45, 7) is 1.28. The Hall–Kier alpha value is -4.49. The van der Waals surface area contributed by atoms with Gasteiger partial charge in [0.25, 0.3) is 0 Å². The molecule has 3 aromatic rings. The van der Waals surface area contributed by atoms with Crippen LogP contribution in [0, 0.1) is 17.5 Å². The van der Waals surface area contributed by atoms with Crippen LogP contribution in [0.25, 0.3) is 5.82 Å². The second-order valence-corrected chi connectivity index (χ2v) is 8.36. The zero-order chi connectivity index (χ0) is 26.1. The highest BCUT2D eigenvalue weighted by Gasteiger charge is 2.34. The van der Waals surface area contributed by atoms with Crippen LogP contribution in [0.1, 0.15) is 28.4 Å². The molecule has 1 fully saturated rings. The van der Waals surface area contributed by atoms with Crippen molar-refractivity contribution in [3.05, 3.63) is 65.4 Å². The number of piperazine rings is 1. The van der Waals surface area contributed by atoms with E-state index in [9.17, 15) is 22.8 Å². The van der Waals surface area contributed by atoms with E-state index in [4.69, 9.17) is 0 Å². The zero-order valence-corrected chi connectivity index (χ0v) is 19.6. The molecule has 0 saturated carbocycles. The molecule has 14 heteroatoms. The molecule has 11 nitrogen and oxygen atoms in total. The van der Waals surface area contributed by atoms with E-state index in [1.54, 1.807) is 9.80 Å². The lowest BCUT2D eigenvalue weighted by Crippen LogP contribution is -2.52. The van der Waals surface area contributed by atoms with Gasteiger partial charge in [-0.15, -0.1) is 0 Å². The molecule has 0 aliphatic carbocycles. The number of urea groups is 1. The third kappa shape index (κ3) is 4.81. The van der Waals surface area contributed by atoms with Crippen molar-refractivity contribution in [2.75, 3.05) is 38.2 Å². The first-order chi connectivity index (χ1) is 17.8. The zero-order valence-electron chi connectivity index (χ0n) is 19.6. The fraction of sp³-hybridized carbons (Fsp3) is 0.304. The summed E-state index contributed by atoms with van der Waals surface area (Å²) >= 11 is 0. The number of hydrogen-bond acceptors (Lipinski definition) is 8. The largest absolute Gasteiger partial charge is 0.465 e. The predicted molar refractivity (Wildman–Crippen MR) is 124 cm³/mol. The van der Waals surface area contributed by atoms with Gasteiger partial charge in [0, 0.05) is 51.1 Å². The van der Waals surface area contributed by atoms with Crippen LogP contribution in [-0.2, 0) is 4.74 Å². The van der Waals surface area contributed by atoms with Crippen LogP contribution < -0.4 is 4.90 Å². The summed E-state index contributed by atoms with van der Waals surface area (Å²) in [5.41, 5.74) is 0.459. The summed E-state index contributed by atoms with van der Waals surface area (Å²) < 4.78 is 47.6. The molecule has 0 spiro atoms. The normalized spacial score (nSPS) is 17.4. The van der Waals surface area contributed by atoms with E-state index in [0.29, 0.717) is 38.2 Å². The van der Waals surface area contributed by atoms with Crippen molar-refractivity contribution in [1.82, 2.24) is 29.7 Å². The quantitative estimate of drug-likeness (QED) is 0.493. The Balaban J connectivity index is 1.27. The molecular formula is C23H21F3N8O3. The molecule has 2 aromatic heterocycles.